The zero-order valence-corrected chi connectivity index (χ0v) is 13.8. The van der Waals surface area contributed by atoms with E-state index in [4.69, 9.17) is 0 Å². The average Bonchev–Trinajstić information content (AvgIpc) is 2.71. The molecule has 2 rings (SSSR count). The summed E-state index contributed by atoms with van der Waals surface area (Å²) in [5.41, 5.74) is 0.520. The number of hydrogen-bond donors (Lipinski definition) is 2. The van der Waals surface area contributed by atoms with E-state index in [9.17, 15) is 19.5 Å². The molecule has 0 aliphatic carbocycles. The minimum atomic E-state index is -1.24. The van der Waals surface area contributed by atoms with Gasteiger partial charge in [-0.1, -0.05) is 45.0 Å². The van der Waals surface area contributed by atoms with Crippen LogP contribution in [0.5, 0.6) is 0 Å². The van der Waals surface area contributed by atoms with Crippen molar-refractivity contribution in [1.82, 2.24) is 10.2 Å². The molecular weight excluding hydrogens is 296 g/mol. The molecule has 6 heteroatoms. The average molecular weight is 318 g/mol. The van der Waals surface area contributed by atoms with Gasteiger partial charge in [0.1, 0.15) is 11.6 Å². The van der Waals surface area contributed by atoms with Gasteiger partial charge in [0, 0.05) is 0 Å². The number of nitrogens with zero attached hydrogens (tertiary/aromatic N) is 1. The third kappa shape index (κ3) is 2.81. The largest absolute Gasteiger partial charge is 0.480 e. The highest BCUT2D eigenvalue weighted by molar-refractivity contribution is 6.09. The Morgan fingerprint density at radius 1 is 1.26 bits per heavy atom. The maximum absolute atomic E-state index is 12.8. The summed E-state index contributed by atoms with van der Waals surface area (Å²) in [4.78, 5) is 37.4. The summed E-state index contributed by atoms with van der Waals surface area (Å²) in [5, 5.41) is 12.0. The second-order valence-electron chi connectivity index (χ2n) is 6.31. The molecule has 1 heterocycles. The highest BCUT2D eigenvalue weighted by Gasteiger charge is 2.53. The first-order valence-corrected chi connectivity index (χ1v) is 7.70. The number of aliphatic carboxylic acids is 1. The van der Waals surface area contributed by atoms with Crippen LogP contribution in [-0.2, 0) is 21.5 Å². The van der Waals surface area contributed by atoms with Gasteiger partial charge in [-0.25, -0.2) is 14.5 Å². The Bertz CT molecular complexity index is 638. The van der Waals surface area contributed by atoms with Crippen LogP contribution >= 0.6 is 0 Å². The van der Waals surface area contributed by atoms with Crippen molar-refractivity contribution in [2.24, 2.45) is 5.92 Å². The fraction of sp³-hybridized carbons (Fsp3) is 0.471. The van der Waals surface area contributed by atoms with Gasteiger partial charge in [-0.3, -0.25) is 4.79 Å². The SMILES string of the molecule is CCc1ccc(C2(C)NC(=O)N(C(C(=O)O)C(C)C)C2=O)cc1. The molecule has 0 radical (unpaired) electrons. The number of urea groups is 1. The number of aryl methyl sites for hydroxylation is 1. The second-order valence-corrected chi connectivity index (χ2v) is 6.31. The first kappa shape index (κ1) is 17.0. The number of hydrogen-bond acceptors (Lipinski definition) is 3. The number of carboxylic acid groups (broad SMARTS) is 1. The first-order valence-electron chi connectivity index (χ1n) is 7.70. The molecule has 1 aromatic carbocycles. The molecular formula is C17H22N2O4. The molecule has 124 valence electrons. The predicted molar refractivity (Wildman–Crippen MR) is 84.8 cm³/mol. The van der Waals surface area contributed by atoms with Crippen LogP contribution in [0.2, 0.25) is 0 Å². The van der Waals surface area contributed by atoms with Gasteiger partial charge in [-0.15, -0.1) is 0 Å². The van der Waals surface area contributed by atoms with Crippen LogP contribution in [0.3, 0.4) is 0 Å². The Hall–Kier alpha value is -2.37. The molecule has 0 saturated carbocycles. The smallest absolute Gasteiger partial charge is 0.327 e. The van der Waals surface area contributed by atoms with E-state index in [1.807, 2.05) is 19.1 Å². The summed E-state index contributed by atoms with van der Waals surface area (Å²) in [7, 11) is 0. The summed E-state index contributed by atoms with van der Waals surface area (Å²) >= 11 is 0. The van der Waals surface area contributed by atoms with Crippen molar-refractivity contribution < 1.29 is 19.5 Å². The highest BCUT2D eigenvalue weighted by Crippen LogP contribution is 2.31. The zero-order valence-electron chi connectivity index (χ0n) is 13.8. The number of imide groups is 1. The molecule has 0 bridgehead atoms. The van der Waals surface area contributed by atoms with Crippen LogP contribution in [0, 0.1) is 5.92 Å². The number of rotatable bonds is 5. The molecule has 1 aliphatic rings. The lowest BCUT2D eigenvalue weighted by atomic mass is 9.90. The molecule has 1 saturated heterocycles. The van der Waals surface area contributed by atoms with Crippen molar-refractivity contribution in [1.29, 1.82) is 0 Å². The van der Waals surface area contributed by atoms with Gasteiger partial charge in [0.25, 0.3) is 5.91 Å². The number of nitrogens with one attached hydrogen (secondary N) is 1. The molecule has 0 aromatic heterocycles. The minimum absolute atomic E-state index is 0.382. The summed E-state index contributed by atoms with van der Waals surface area (Å²) in [6.07, 6.45) is 0.873. The number of carbonyl (C=O) groups is 3. The molecule has 2 N–H and O–H groups in total. The second kappa shape index (κ2) is 6.02. The number of benzene rings is 1. The van der Waals surface area contributed by atoms with Crippen LogP contribution in [0.4, 0.5) is 4.79 Å². The first-order chi connectivity index (χ1) is 10.7. The van der Waals surface area contributed by atoms with Gasteiger partial charge in [-0.2, -0.15) is 0 Å². The molecule has 1 aliphatic heterocycles. The van der Waals surface area contributed by atoms with Crippen LogP contribution in [0.25, 0.3) is 0 Å². The summed E-state index contributed by atoms with van der Waals surface area (Å²) < 4.78 is 0. The van der Waals surface area contributed by atoms with Crippen molar-refractivity contribution in [2.75, 3.05) is 0 Å². The van der Waals surface area contributed by atoms with E-state index in [2.05, 4.69) is 5.32 Å². The Morgan fingerprint density at radius 3 is 2.26 bits per heavy atom. The van der Waals surface area contributed by atoms with Crippen LogP contribution in [-0.4, -0.2) is 34.0 Å². The number of carboxylic acids is 1. The Labute approximate surface area is 135 Å². The van der Waals surface area contributed by atoms with Crippen molar-refractivity contribution in [3.8, 4) is 0 Å². The van der Waals surface area contributed by atoms with Crippen LogP contribution in [0.15, 0.2) is 24.3 Å². The lowest BCUT2D eigenvalue weighted by molar-refractivity contribution is -0.149. The topological polar surface area (TPSA) is 86.7 Å². The highest BCUT2D eigenvalue weighted by atomic mass is 16.4. The van der Waals surface area contributed by atoms with Gasteiger partial charge in [0.2, 0.25) is 0 Å². The zero-order chi connectivity index (χ0) is 17.4. The fourth-order valence-corrected chi connectivity index (χ4v) is 2.88. The quantitative estimate of drug-likeness (QED) is 0.814. The number of carbonyl (C=O) groups excluding carboxylic acids is 2. The van der Waals surface area contributed by atoms with E-state index < -0.39 is 29.5 Å². The molecule has 6 nitrogen and oxygen atoms in total. The molecule has 2 atom stereocenters. The van der Waals surface area contributed by atoms with Crippen molar-refractivity contribution >= 4 is 17.9 Å². The summed E-state index contributed by atoms with van der Waals surface area (Å²) in [6.45, 7) is 6.98. The van der Waals surface area contributed by atoms with Gasteiger partial charge in [0.15, 0.2) is 0 Å². The van der Waals surface area contributed by atoms with Gasteiger partial charge >= 0.3 is 12.0 Å². The minimum Gasteiger partial charge on any atom is -0.480 e. The molecule has 0 spiro atoms. The molecule has 3 amide bonds. The molecule has 1 fully saturated rings. The van der Waals surface area contributed by atoms with Gasteiger partial charge in [-0.05, 0) is 30.4 Å². The van der Waals surface area contributed by atoms with Crippen molar-refractivity contribution in [3.63, 3.8) is 0 Å². The Kier molecular flexibility index (Phi) is 4.45. The summed E-state index contributed by atoms with van der Waals surface area (Å²) in [5.74, 6) is -2.10. The fourth-order valence-electron chi connectivity index (χ4n) is 2.88. The van der Waals surface area contributed by atoms with Gasteiger partial charge in [0.05, 0.1) is 0 Å². The Morgan fingerprint density at radius 2 is 1.83 bits per heavy atom. The predicted octanol–water partition coefficient (Wildman–Crippen LogP) is 2.13. The van der Waals surface area contributed by atoms with Crippen LogP contribution < -0.4 is 5.32 Å². The molecule has 2 unspecified atom stereocenters. The maximum atomic E-state index is 12.8. The third-order valence-corrected chi connectivity index (χ3v) is 4.32. The van der Waals surface area contributed by atoms with E-state index in [1.54, 1.807) is 32.9 Å². The van der Waals surface area contributed by atoms with Crippen molar-refractivity contribution in [3.05, 3.63) is 35.4 Å². The van der Waals surface area contributed by atoms with E-state index in [1.165, 1.54) is 0 Å². The molecule has 1 aromatic rings. The third-order valence-electron chi connectivity index (χ3n) is 4.32. The van der Waals surface area contributed by atoms with E-state index in [0.29, 0.717) is 5.56 Å². The van der Waals surface area contributed by atoms with E-state index >= 15 is 0 Å². The van der Waals surface area contributed by atoms with E-state index in [0.717, 1.165) is 16.9 Å². The monoisotopic (exact) mass is 318 g/mol. The lowest BCUT2D eigenvalue weighted by Crippen LogP contribution is -2.49. The lowest BCUT2D eigenvalue weighted by Gasteiger charge is -2.27. The summed E-state index contributed by atoms with van der Waals surface area (Å²) in [6, 6.07) is 5.55. The van der Waals surface area contributed by atoms with E-state index in [-0.39, 0.29) is 5.92 Å². The maximum Gasteiger partial charge on any atom is 0.327 e. The molecule has 23 heavy (non-hydrogen) atoms. The van der Waals surface area contributed by atoms with Crippen LogP contribution in [0.1, 0.15) is 38.8 Å². The standard InChI is InChI=1S/C17H22N2O4/c1-5-11-6-8-12(9-7-11)17(4)15(22)19(16(23)18-17)13(10(2)3)14(20)21/h6-10,13H,5H2,1-4H3,(H,18,23)(H,20,21). The Balaban J connectivity index is 2.41. The normalized spacial score (nSPS) is 22.4. The van der Waals surface area contributed by atoms with Crippen molar-refractivity contribution in [2.45, 2.75) is 45.7 Å². The number of amides is 3. The van der Waals surface area contributed by atoms with Gasteiger partial charge < -0.3 is 10.4 Å².